The number of Topliss-reactive ketones (excluding diaryl/α,β-unsaturated/α-hetero) is 1. The van der Waals surface area contributed by atoms with Crippen molar-refractivity contribution in [3.8, 4) is 5.75 Å². The molecule has 0 amide bonds. The van der Waals surface area contributed by atoms with E-state index < -0.39 is 87.9 Å². The Morgan fingerprint density at radius 2 is 1.89 bits per heavy atom. The SMILES string of the molecule is CCCC1O[C@@H]2CC3C4C[C@H](F)C5=CC(=O)C=CC5(C)[C@@]4(F)[C@@H](O)C[C@]3(C)[C@]2(C(=O)COC(=O)Oc2ccc([N+](=O)[O-])cc2)O1. The fraction of sp³-hybridized carbons (Fsp3) is 0.594. The van der Waals surface area contributed by atoms with E-state index in [1.165, 1.54) is 31.2 Å². The number of hydrogen-bond acceptors (Lipinski definition) is 10. The van der Waals surface area contributed by atoms with E-state index >= 15 is 8.78 Å². The van der Waals surface area contributed by atoms with E-state index in [0.29, 0.717) is 12.8 Å². The number of non-ortho nitro benzene ring substituents is 1. The number of ether oxygens (including phenoxy) is 4. The number of carbonyl (C=O) groups is 3. The molecule has 45 heavy (non-hydrogen) atoms. The van der Waals surface area contributed by atoms with Gasteiger partial charge in [-0.25, -0.2) is 13.6 Å². The van der Waals surface area contributed by atoms with Gasteiger partial charge in [0.1, 0.15) is 11.9 Å². The average molecular weight is 632 g/mol. The highest BCUT2D eigenvalue weighted by molar-refractivity contribution is 6.01. The van der Waals surface area contributed by atoms with Crippen LogP contribution in [-0.4, -0.2) is 70.3 Å². The lowest BCUT2D eigenvalue weighted by atomic mass is 9.44. The number of rotatable bonds is 7. The van der Waals surface area contributed by atoms with Crippen molar-refractivity contribution in [3.05, 3.63) is 58.2 Å². The predicted octanol–water partition coefficient (Wildman–Crippen LogP) is 4.89. The van der Waals surface area contributed by atoms with Gasteiger partial charge < -0.3 is 24.1 Å². The molecule has 1 aromatic carbocycles. The van der Waals surface area contributed by atoms with Crippen molar-refractivity contribution >= 4 is 23.4 Å². The number of aliphatic hydroxyl groups is 1. The number of carbonyl (C=O) groups excluding carboxylic acids is 3. The molecule has 1 saturated heterocycles. The summed E-state index contributed by atoms with van der Waals surface area (Å²) in [6.07, 6.45) is -1.81. The number of ketones is 2. The molecule has 10 atom stereocenters. The van der Waals surface area contributed by atoms with Crippen LogP contribution >= 0.6 is 0 Å². The molecule has 242 valence electrons. The highest BCUT2D eigenvalue weighted by Gasteiger charge is 2.80. The van der Waals surface area contributed by atoms with Crippen molar-refractivity contribution in [1.82, 2.24) is 0 Å². The summed E-state index contributed by atoms with van der Waals surface area (Å²) in [5, 5.41) is 22.5. The summed E-state index contributed by atoms with van der Waals surface area (Å²) < 4.78 is 56.2. The second-order valence-electron chi connectivity index (χ2n) is 13.1. The Balaban J connectivity index is 1.29. The summed E-state index contributed by atoms with van der Waals surface area (Å²) in [6, 6.07) is 4.69. The van der Waals surface area contributed by atoms with Gasteiger partial charge in [0.25, 0.3) is 5.69 Å². The zero-order valence-corrected chi connectivity index (χ0v) is 25.1. The summed E-state index contributed by atoms with van der Waals surface area (Å²) in [6.45, 7) is 4.33. The smallest absolute Gasteiger partial charge is 0.426 e. The molecule has 6 rings (SSSR count). The van der Waals surface area contributed by atoms with E-state index in [9.17, 15) is 29.6 Å². The minimum absolute atomic E-state index is 0.00386. The highest BCUT2D eigenvalue weighted by Crippen LogP contribution is 2.72. The standard InChI is InChI=1S/C32H35F2NO10/c1-4-5-27-44-26-14-20-21-13-23(33)22-12-18(36)10-11-29(22,2)31(21,34)24(37)15-30(20,3)32(26,45-27)25(38)16-42-28(39)43-19-8-6-17(7-9-19)35(40)41/h6-12,20-21,23-24,26-27,37H,4-5,13-16H2,1-3H3/t20?,21?,23-,24-,26+,27?,29?,30-,31-,32+/m0/s1. The number of nitro benzene ring substituents is 1. The Bertz CT molecular complexity index is 1500. The van der Waals surface area contributed by atoms with Crippen LogP contribution in [-0.2, 0) is 23.8 Å². The second-order valence-corrected chi connectivity index (χ2v) is 13.1. The summed E-state index contributed by atoms with van der Waals surface area (Å²) in [5.74, 6) is -2.88. The maximum atomic E-state index is 17.6. The van der Waals surface area contributed by atoms with E-state index in [-0.39, 0.29) is 36.3 Å². The fourth-order valence-electron chi connectivity index (χ4n) is 8.88. The molecule has 3 saturated carbocycles. The zero-order chi connectivity index (χ0) is 32.5. The molecule has 0 spiro atoms. The summed E-state index contributed by atoms with van der Waals surface area (Å²) >= 11 is 0. The number of allylic oxidation sites excluding steroid dienone is 4. The van der Waals surface area contributed by atoms with Crippen molar-refractivity contribution < 1.29 is 52.1 Å². The first kappa shape index (κ1) is 31.4. The quantitative estimate of drug-likeness (QED) is 0.191. The molecule has 11 nitrogen and oxygen atoms in total. The van der Waals surface area contributed by atoms with Crippen molar-refractivity contribution in [3.63, 3.8) is 0 Å². The Kier molecular flexibility index (Phi) is 7.52. The first-order valence-corrected chi connectivity index (χ1v) is 15.1. The van der Waals surface area contributed by atoms with E-state index in [0.717, 1.165) is 18.2 Å². The van der Waals surface area contributed by atoms with Gasteiger partial charge in [-0.05, 0) is 68.4 Å². The molecule has 1 aliphatic heterocycles. The van der Waals surface area contributed by atoms with Gasteiger partial charge in [-0.1, -0.05) is 26.3 Å². The lowest BCUT2D eigenvalue weighted by Gasteiger charge is -2.63. The Morgan fingerprint density at radius 3 is 2.56 bits per heavy atom. The number of hydrogen-bond donors (Lipinski definition) is 1. The van der Waals surface area contributed by atoms with E-state index in [1.54, 1.807) is 6.92 Å². The molecular weight excluding hydrogens is 596 g/mol. The predicted molar refractivity (Wildman–Crippen MR) is 151 cm³/mol. The van der Waals surface area contributed by atoms with Crippen molar-refractivity contribution in [2.75, 3.05) is 6.61 Å². The second kappa shape index (κ2) is 10.8. The van der Waals surface area contributed by atoms with Gasteiger partial charge >= 0.3 is 6.16 Å². The third kappa shape index (κ3) is 4.41. The molecule has 1 N–H and O–H groups in total. The first-order valence-electron chi connectivity index (χ1n) is 15.1. The van der Waals surface area contributed by atoms with E-state index in [2.05, 4.69) is 0 Å². The minimum Gasteiger partial charge on any atom is -0.426 e. The molecule has 1 aromatic rings. The fourth-order valence-corrected chi connectivity index (χ4v) is 8.88. The molecule has 0 radical (unpaired) electrons. The summed E-state index contributed by atoms with van der Waals surface area (Å²) in [4.78, 5) is 49.0. The van der Waals surface area contributed by atoms with Gasteiger partial charge in [0.05, 0.1) is 17.1 Å². The molecular formula is C32H35F2NO10. The minimum atomic E-state index is -2.35. The maximum Gasteiger partial charge on any atom is 0.514 e. The largest absolute Gasteiger partial charge is 0.514 e. The van der Waals surface area contributed by atoms with Crippen LogP contribution in [0.4, 0.5) is 19.3 Å². The van der Waals surface area contributed by atoms with Crippen LogP contribution in [0.5, 0.6) is 5.75 Å². The number of aliphatic hydroxyl groups excluding tert-OH is 1. The molecule has 0 aromatic heterocycles. The van der Waals surface area contributed by atoms with Crippen molar-refractivity contribution in [2.24, 2.45) is 22.7 Å². The molecule has 4 unspecified atom stereocenters. The zero-order valence-electron chi connectivity index (χ0n) is 25.1. The van der Waals surface area contributed by atoms with E-state index in [4.69, 9.17) is 18.9 Å². The molecule has 5 aliphatic rings. The van der Waals surface area contributed by atoms with Gasteiger partial charge in [-0.15, -0.1) is 0 Å². The number of benzene rings is 1. The lowest BCUT2D eigenvalue weighted by Crippen LogP contribution is -2.71. The van der Waals surface area contributed by atoms with Gasteiger partial charge in [0.15, 0.2) is 29.9 Å². The lowest BCUT2D eigenvalue weighted by molar-refractivity contribution is -0.384. The van der Waals surface area contributed by atoms with Crippen LogP contribution in [0.15, 0.2) is 48.1 Å². The maximum absolute atomic E-state index is 17.6. The number of nitrogens with zero attached hydrogens (tertiary/aromatic N) is 1. The van der Waals surface area contributed by atoms with Crippen molar-refractivity contribution in [2.45, 2.75) is 88.8 Å². The molecule has 4 fully saturated rings. The number of alkyl halides is 2. The Hall–Kier alpha value is -3.55. The first-order chi connectivity index (χ1) is 21.2. The van der Waals surface area contributed by atoms with Crippen LogP contribution in [0.2, 0.25) is 0 Å². The highest BCUT2D eigenvalue weighted by atomic mass is 19.1. The monoisotopic (exact) mass is 631 g/mol. The number of nitro groups is 1. The van der Waals surface area contributed by atoms with Crippen molar-refractivity contribution in [1.29, 1.82) is 0 Å². The third-order valence-corrected chi connectivity index (χ3v) is 10.9. The number of halogens is 2. The van der Waals surface area contributed by atoms with E-state index in [1.807, 2.05) is 6.92 Å². The molecule has 4 aliphatic carbocycles. The normalized spacial score (nSPS) is 41.3. The topological polar surface area (TPSA) is 152 Å². The van der Waals surface area contributed by atoms with Crippen LogP contribution in [0.25, 0.3) is 0 Å². The van der Waals surface area contributed by atoms with Gasteiger partial charge in [-0.3, -0.25) is 19.7 Å². The third-order valence-electron chi connectivity index (χ3n) is 10.9. The van der Waals surface area contributed by atoms with Crippen LogP contribution in [0.3, 0.4) is 0 Å². The number of fused-ring (bicyclic) bond motifs is 7. The van der Waals surface area contributed by atoms with Gasteiger partial charge in [-0.2, -0.15) is 0 Å². The summed E-state index contributed by atoms with van der Waals surface area (Å²) in [7, 11) is 0. The van der Waals surface area contributed by atoms with Crippen LogP contribution in [0, 0.1) is 32.8 Å². The van der Waals surface area contributed by atoms with Gasteiger partial charge in [0.2, 0.25) is 5.78 Å². The van der Waals surface area contributed by atoms with Gasteiger partial charge in [0, 0.05) is 28.9 Å². The average Bonchev–Trinajstić information content (AvgIpc) is 3.47. The van der Waals surface area contributed by atoms with Crippen LogP contribution < -0.4 is 4.74 Å². The molecule has 1 heterocycles. The summed E-state index contributed by atoms with van der Waals surface area (Å²) in [5.41, 5.74) is -7.13. The Labute approximate surface area is 257 Å². The Morgan fingerprint density at radius 1 is 1.18 bits per heavy atom. The molecule has 0 bridgehead atoms. The van der Waals surface area contributed by atoms with Crippen LogP contribution in [0.1, 0.15) is 52.9 Å². The molecule has 13 heteroatoms.